The van der Waals surface area contributed by atoms with Gasteiger partial charge in [-0.3, -0.25) is 14.9 Å². The summed E-state index contributed by atoms with van der Waals surface area (Å²) in [4.78, 5) is 42.5. The van der Waals surface area contributed by atoms with Crippen molar-refractivity contribution in [1.29, 1.82) is 0 Å². The van der Waals surface area contributed by atoms with Gasteiger partial charge in [-0.2, -0.15) is 0 Å². The fraction of sp³-hybridized carbons (Fsp3) is 0.333. The van der Waals surface area contributed by atoms with E-state index >= 15 is 0 Å². The largest absolute Gasteiger partial charge is 0.465 e. The predicted molar refractivity (Wildman–Crippen MR) is 118 cm³/mol. The molecule has 3 heterocycles. The second kappa shape index (κ2) is 9.44. The number of amides is 2. The summed E-state index contributed by atoms with van der Waals surface area (Å²) < 4.78 is 10.0. The number of hydrogen-bond acceptors (Lipinski definition) is 8. The van der Waals surface area contributed by atoms with Gasteiger partial charge in [0.05, 0.1) is 31.1 Å². The summed E-state index contributed by atoms with van der Waals surface area (Å²) in [7, 11) is 1.35. The highest BCUT2D eigenvalue weighted by Gasteiger charge is 2.26. The second-order valence-electron chi connectivity index (χ2n) is 7.06. The molecule has 0 unspecified atom stereocenters. The van der Waals surface area contributed by atoms with Crippen LogP contribution in [0.4, 0.5) is 10.1 Å². The molecule has 0 radical (unpaired) electrons. The fourth-order valence-electron chi connectivity index (χ4n) is 3.50. The zero-order valence-electron chi connectivity index (χ0n) is 16.9. The van der Waals surface area contributed by atoms with E-state index in [4.69, 9.17) is 9.15 Å². The van der Waals surface area contributed by atoms with Crippen molar-refractivity contribution in [1.82, 2.24) is 4.98 Å². The van der Waals surface area contributed by atoms with Gasteiger partial charge < -0.3 is 14.5 Å². The average Bonchev–Trinajstić information content (AvgIpc) is 3.46. The fourth-order valence-corrected chi connectivity index (χ4v) is 5.49. The minimum Gasteiger partial charge on any atom is -0.465 e. The second-order valence-corrected chi connectivity index (χ2v) is 9.02. The highest BCUT2D eigenvalue weighted by Crippen LogP contribution is 2.38. The molecule has 0 atom stereocenters. The van der Waals surface area contributed by atoms with Crippen molar-refractivity contribution in [2.24, 2.45) is 0 Å². The summed E-state index contributed by atoms with van der Waals surface area (Å²) in [6.45, 7) is 0. The van der Waals surface area contributed by atoms with Crippen molar-refractivity contribution >= 4 is 50.6 Å². The topological polar surface area (TPSA) is 111 Å². The van der Waals surface area contributed by atoms with E-state index in [9.17, 15) is 14.4 Å². The van der Waals surface area contributed by atoms with Crippen molar-refractivity contribution in [2.45, 2.75) is 38.5 Å². The lowest BCUT2D eigenvalue weighted by Crippen LogP contribution is -2.17. The van der Waals surface area contributed by atoms with E-state index in [2.05, 4.69) is 15.6 Å². The van der Waals surface area contributed by atoms with E-state index in [0.29, 0.717) is 21.4 Å². The van der Waals surface area contributed by atoms with Crippen molar-refractivity contribution < 1.29 is 23.5 Å². The van der Waals surface area contributed by atoms with Gasteiger partial charge in [0.1, 0.15) is 5.00 Å². The molecule has 162 valence electrons. The number of anilines is 2. The molecule has 3 aromatic rings. The summed E-state index contributed by atoms with van der Waals surface area (Å²) in [5.74, 6) is -0.928. The molecule has 0 bridgehead atoms. The Kier molecular flexibility index (Phi) is 6.47. The van der Waals surface area contributed by atoms with Crippen LogP contribution < -0.4 is 10.6 Å². The molecule has 0 spiro atoms. The monoisotopic (exact) mass is 459 g/mol. The number of methoxy groups -OCH3 is 1. The lowest BCUT2D eigenvalue weighted by Gasteiger charge is -2.07. The Labute approximate surface area is 186 Å². The summed E-state index contributed by atoms with van der Waals surface area (Å²) in [5.41, 5.74) is 2.00. The molecule has 4 rings (SSSR count). The third-order valence-corrected chi connectivity index (χ3v) is 6.94. The maximum atomic E-state index is 12.6. The number of nitrogens with zero attached hydrogens (tertiary/aromatic N) is 1. The number of aryl methyl sites for hydroxylation is 1. The lowest BCUT2D eigenvalue weighted by atomic mass is 10.1. The highest BCUT2D eigenvalue weighted by atomic mass is 32.1. The molecule has 0 saturated heterocycles. The van der Waals surface area contributed by atoms with Crippen LogP contribution >= 0.6 is 22.7 Å². The van der Waals surface area contributed by atoms with Crippen LogP contribution in [0, 0.1) is 0 Å². The average molecular weight is 460 g/mol. The van der Waals surface area contributed by atoms with Crippen molar-refractivity contribution in [3.8, 4) is 0 Å². The number of esters is 1. The lowest BCUT2D eigenvalue weighted by molar-refractivity contribution is -0.115. The molecular weight excluding hydrogens is 438 g/mol. The number of furan rings is 1. The Hall–Kier alpha value is -2.98. The molecule has 0 fully saturated rings. The van der Waals surface area contributed by atoms with Crippen LogP contribution in [0.15, 0.2) is 28.2 Å². The zero-order chi connectivity index (χ0) is 21.8. The SMILES string of the molecule is COC(=O)c1c(NC(=O)Cc2csc(NC(=O)c3ccco3)n2)sc2c1CCCCC2. The molecule has 0 saturated carbocycles. The number of rotatable bonds is 6. The number of thiazole rings is 1. The van der Waals surface area contributed by atoms with Crippen molar-refractivity contribution in [3.05, 3.63) is 51.2 Å². The van der Waals surface area contributed by atoms with E-state index in [1.807, 2.05) is 0 Å². The first-order valence-electron chi connectivity index (χ1n) is 9.87. The van der Waals surface area contributed by atoms with Gasteiger partial charge >= 0.3 is 5.97 Å². The number of carbonyl (C=O) groups excluding carboxylic acids is 3. The first-order valence-corrected chi connectivity index (χ1v) is 11.6. The number of hydrogen-bond donors (Lipinski definition) is 2. The van der Waals surface area contributed by atoms with Gasteiger partial charge in [-0.05, 0) is 43.4 Å². The molecule has 2 amide bonds. The molecule has 0 aromatic carbocycles. The highest BCUT2D eigenvalue weighted by molar-refractivity contribution is 7.17. The molecule has 31 heavy (non-hydrogen) atoms. The van der Waals surface area contributed by atoms with Gasteiger partial charge in [-0.1, -0.05) is 6.42 Å². The standard InChI is InChI=1S/C21H21N3O5S2/c1-28-20(27)17-13-6-3-2-4-8-15(13)31-19(17)23-16(25)10-12-11-30-21(22-12)24-18(26)14-7-5-9-29-14/h5,7,9,11H,2-4,6,8,10H2,1H3,(H,23,25)(H,22,24,26). The van der Waals surface area contributed by atoms with Gasteiger partial charge in [-0.15, -0.1) is 22.7 Å². The number of fused-ring (bicyclic) bond motifs is 1. The quantitative estimate of drug-likeness (QED) is 0.420. The summed E-state index contributed by atoms with van der Waals surface area (Å²) >= 11 is 2.68. The first-order chi connectivity index (χ1) is 15.0. The van der Waals surface area contributed by atoms with Gasteiger partial charge in [0.15, 0.2) is 10.9 Å². The third-order valence-electron chi connectivity index (χ3n) is 4.92. The molecule has 10 heteroatoms. The molecule has 1 aliphatic carbocycles. The summed E-state index contributed by atoms with van der Waals surface area (Å²) in [6.07, 6.45) is 6.39. The van der Waals surface area contributed by atoms with Gasteiger partial charge in [0.2, 0.25) is 5.91 Å². The molecule has 8 nitrogen and oxygen atoms in total. The molecular formula is C21H21N3O5S2. The van der Waals surface area contributed by atoms with E-state index < -0.39 is 11.9 Å². The van der Waals surface area contributed by atoms with Crippen LogP contribution in [0.5, 0.6) is 0 Å². The Balaban J connectivity index is 1.44. The number of thiophene rings is 1. The predicted octanol–water partition coefficient (Wildman–Crippen LogP) is 4.29. The number of nitrogens with one attached hydrogen (secondary N) is 2. The van der Waals surface area contributed by atoms with Crippen LogP contribution in [0.1, 0.15) is 56.3 Å². The van der Waals surface area contributed by atoms with Crippen LogP contribution in [0.2, 0.25) is 0 Å². The van der Waals surface area contributed by atoms with E-state index in [1.165, 1.54) is 36.0 Å². The normalized spacial score (nSPS) is 13.2. The molecule has 2 N–H and O–H groups in total. The third kappa shape index (κ3) is 4.86. The van der Waals surface area contributed by atoms with Gasteiger partial charge in [0, 0.05) is 10.3 Å². The number of aromatic nitrogens is 1. The minimum absolute atomic E-state index is 0.0241. The minimum atomic E-state index is -0.425. The van der Waals surface area contributed by atoms with Crippen LogP contribution in [0.25, 0.3) is 0 Å². The van der Waals surface area contributed by atoms with Crippen LogP contribution in [-0.2, 0) is 28.8 Å². The number of carbonyl (C=O) groups is 3. The smallest absolute Gasteiger partial charge is 0.341 e. The summed E-state index contributed by atoms with van der Waals surface area (Å²) in [6, 6.07) is 3.18. The zero-order valence-corrected chi connectivity index (χ0v) is 18.5. The van der Waals surface area contributed by atoms with Gasteiger partial charge in [-0.25, -0.2) is 9.78 Å². The Morgan fingerprint density at radius 2 is 2.03 bits per heavy atom. The van der Waals surface area contributed by atoms with E-state index in [1.54, 1.807) is 17.5 Å². The van der Waals surface area contributed by atoms with Crippen molar-refractivity contribution in [2.75, 3.05) is 17.7 Å². The Bertz CT molecular complexity index is 1100. The van der Waals surface area contributed by atoms with E-state index in [-0.39, 0.29) is 18.1 Å². The molecule has 0 aliphatic heterocycles. The Morgan fingerprint density at radius 3 is 2.81 bits per heavy atom. The van der Waals surface area contributed by atoms with Crippen molar-refractivity contribution in [3.63, 3.8) is 0 Å². The van der Waals surface area contributed by atoms with Crippen LogP contribution in [-0.4, -0.2) is 29.9 Å². The molecule has 1 aliphatic rings. The maximum absolute atomic E-state index is 12.6. The van der Waals surface area contributed by atoms with E-state index in [0.717, 1.165) is 42.5 Å². The van der Waals surface area contributed by atoms with Crippen LogP contribution in [0.3, 0.4) is 0 Å². The van der Waals surface area contributed by atoms with Gasteiger partial charge in [0.25, 0.3) is 5.91 Å². The number of ether oxygens (including phenoxy) is 1. The molecule has 3 aromatic heterocycles. The Morgan fingerprint density at radius 1 is 1.19 bits per heavy atom. The first kappa shape index (κ1) is 21.3. The maximum Gasteiger partial charge on any atom is 0.341 e. The summed E-state index contributed by atoms with van der Waals surface area (Å²) in [5, 5.41) is 8.13.